The number of benzene rings is 3. The molecule has 0 aromatic heterocycles. The molecule has 3 aromatic carbocycles. The molecular formula is C32H36N4O3. The van der Waals surface area contributed by atoms with Crippen LogP contribution in [-0.2, 0) is 15.0 Å². The van der Waals surface area contributed by atoms with Gasteiger partial charge in [-0.25, -0.2) is 0 Å². The summed E-state index contributed by atoms with van der Waals surface area (Å²) in [5, 5.41) is 19.9. The molecule has 2 aliphatic rings. The number of nitriles is 1. The van der Waals surface area contributed by atoms with Gasteiger partial charge in [-0.2, -0.15) is 5.26 Å². The second-order valence-corrected chi connectivity index (χ2v) is 10.2. The van der Waals surface area contributed by atoms with Crippen molar-refractivity contribution in [2.45, 2.75) is 37.6 Å². The highest BCUT2D eigenvalue weighted by Crippen LogP contribution is 2.40. The Morgan fingerprint density at radius 3 is 1.90 bits per heavy atom. The van der Waals surface area contributed by atoms with Gasteiger partial charge in [0, 0.05) is 25.3 Å². The molecule has 2 saturated heterocycles. The number of rotatable bonds is 8. The van der Waals surface area contributed by atoms with Gasteiger partial charge in [-0.1, -0.05) is 86.3 Å². The van der Waals surface area contributed by atoms with E-state index in [-0.39, 0.29) is 26.5 Å². The van der Waals surface area contributed by atoms with Gasteiger partial charge in [0.25, 0.3) is 5.91 Å². The summed E-state index contributed by atoms with van der Waals surface area (Å²) in [6.07, 6.45) is 1.84. The predicted octanol–water partition coefficient (Wildman–Crippen LogP) is 4.75. The summed E-state index contributed by atoms with van der Waals surface area (Å²) in [5.74, 6) is -1.11. The molecule has 1 N–H and O–H groups in total. The van der Waals surface area contributed by atoms with E-state index in [4.69, 9.17) is 0 Å². The van der Waals surface area contributed by atoms with Gasteiger partial charge in [0.15, 0.2) is 0 Å². The Morgan fingerprint density at radius 2 is 1.41 bits per heavy atom. The third-order valence-electron chi connectivity index (χ3n) is 8.12. The first kappa shape index (κ1) is 27.9. The number of carboxylic acid groups (broad SMARTS) is 1. The third kappa shape index (κ3) is 5.25. The number of anilines is 1. The van der Waals surface area contributed by atoms with E-state index in [1.54, 1.807) is 0 Å². The van der Waals surface area contributed by atoms with Crippen LogP contribution in [0.3, 0.4) is 0 Å². The lowest BCUT2D eigenvalue weighted by Crippen LogP contribution is -2.57. The summed E-state index contributed by atoms with van der Waals surface area (Å²) in [6, 6.07) is 32.3. The van der Waals surface area contributed by atoms with Gasteiger partial charge < -0.3 is 19.8 Å². The minimum absolute atomic E-state index is 0. The predicted molar refractivity (Wildman–Crippen MR) is 152 cm³/mol. The van der Waals surface area contributed by atoms with E-state index in [1.807, 2.05) is 91.0 Å². The largest absolute Gasteiger partial charge is 0.480 e. The van der Waals surface area contributed by atoms with Crippen LogP contribution < -0.4 is 4.90 Å². The molecule has 0 atom stereocenters. The van der Waals surface area contributed by atoms with Crippen molar-refractivity contribution < 1.29 is 14.7 Å². The number of hydrogen-bond acceptors (Lipinski definition) is 5. The molecule has 0 aliphatic carbocycles. The van der Waals surface area contributed by atoms with Crippen molar-refractivity contribution in [2.75, 3.05) is 37.7 Å². The first-order chi connectivity index (χ1) is 18.5. The Kier molecular flexibility index (Phi) is 8.37. The Hall–Kier alpha value is -4.15. The van der Waals surface area contributed by atoms with Crippen molar-refractivity contribution in [1.29, 1.82) is 5.26 Å². The molecular weight excluding hydrogens is 488 g/mol. The van der Waals surface area contributed by atoms with Crippen LogP contribution >= 0.6 is 0 Å². The zero-order chi connectivity index (χ0) is 26.6. The molecule has 3 aromatic rings. The number of carbonyl (C=O) groups is 2. The van der Waals surface area contributed by atoms with E-state index >= 15 is 0 Å². The van der Waals surface area contributed by atoms with E-state index in [0.717, 1.165) is 16.8 Å². The summed E-state index contributed by atoms with van der Waals surface area (Å²) >= 11 is 0. The van der Waals surface area contributed by atoms with Crippen molar-refractivity contribution in [2.24, 2.45) is 0 Å². The number of para-hydroxylation sites is 1. The average Bonchev–Trinajstić information content (AvgIpc) is 3.22. The fraction of sp³-hybridized carbons (Fsp3) is 0.344. The quantitative estimate of drug-likeness (QED) is 0.458. The van der Waals surface area contributed by atoms with Gasteiger partial charge >= 0.3 is 5.97 Å². The van der Waals surface area contributed by atoms with E-state index in [1.165, 1.54) is 4.90 Å². The highest BCUT2D eigenvalue weighted by Gasteiger charge is 2.54. The van der Waals surface area contributed by atoms with E-state index in [0.29, 0.717) is 38.9 Å². The van der Waals surface area contributed by atoms with Gasteiger partial charge in [-0.05, 0) is 42.5 Å². The Bertz CT molecular complexity index is 1260. The monoisotopic (exact) mass is 524 g/mol. The molecule has 2 fully saturated rings. The van der Waals surface area contributed by atoms with Crippen LogP contribution in [0, 0.1) is 11.3 Å². The molecule has 202 valence electrons. The lowest BCUT2D eigenvalue weighted by Gasteiger charge is -2.44. The summed E-state index contributed by atoms with van der Waals surface area (Å²) in [7, 11) is 0. The van der Waals surface area contributed by atoms with E-state index < -0.39 is 16.9 Å². The Labute approximate surface area is 230 Å². The normalized spacial score (nSPS) is 17.1. The molecule has 2 heterocycles. The standard InChI is InChI=1S/C31H32N4O3.CH4/c32-23-30(25-10-4-1-5-11-25,26-12-6-2-7-13-26)16-19-33-20-17-31(18-21-33)29(38)34(22-28(36)37)24-35(31)27-14-8-3-9-15-27;/h1-15H,16-22,24H2,(H,36,37);1H4. The molecule has 7 nitrogen and oxygen atoms in total. The lowest BCUT2D eigenvalue weighted by atomic mass is 9.73. The van der Waals surface area contributed by atoms with Crippen LogP contribution in [0.4, 0.5) is 5.69 Å². The highest BCUT2D eigenvalue weighted by atomic mass is 16.4. The van der Waals surface area contributed by atoms with Crippen LogP contribution in [0.25, 0.3) is 0 Å². The van der Waals surface area contributed by atoms with Crippen molar-refractivity contribution >= 4 is 17.6 Å². The summed E-state index contributed by atoms with van der Waals surface area (Å²) in [5.41, 5.74) is 1.37. The molecule has 39 heavy (non-hydrogen) atoms. The SMILES string of the molecule is C.N#CC(CCN1CCC2(CC1)C(=O)N(CC(=O)O)CN2c1ccccc1)(c1ccccc1)c1ccccc1. The van der Waals surface area contributed by atoms with Gasteiger partial charge in [0.1, 0.15) is 17.5 Å². The van der Waals surface area contributed by atoms with Crippen LogP contribution in [0.1, 0.15) is 37.8 Å². The second-order valence-electron chi connectivity index (χ2n) is 10.2. The summed E-state index contributed by atoms with van der Waals surface area (Å²) in [6.45, 7) is 2.08. The number of hydrogen-bond donors (Lipinski definition) is 1. The molecule has 0 unspecified atom stereocenters. The fourth-order valence-corrected chi connectivity index (χ4v) is 6.04. The van der Waals surface area contributed by atoms with Crippen molar-refractivity contribution in [1.82, 2.24) is 9.80 Å². The third-order valence-corrected chi connectivity index (χ3v) is 8.12. The van der Waals surface area contributed by atoms with Gasteiger partial charge in [-0.15, -0.1) is 0 Å². The van der Waals surface area contributed by atoms with E-state index in [9.17, 15) is 20.0 Å². The highest BCUT2D eigenvalue weighted by molar-refractivity contribution is 5.95. The molecule has 2 aliphatic heterocycles. The molecule has 5 rings (SSSR count). The zero-order valence-electron chi connectivity index (χ0n) is 21.4. The van der Waals surface area contributed by atoms with Crippen molar-refractivity contribution in [3.05, 3.63) is 102 Å². The molecule has 1 amide bonds. The maximum absolute atomic E-state index is 13.6. The van der Waals surface area contributed by atoms with Crippen LogP contribution in [-0.4, -0.2) is 65.2 Å². The zero-order valence-corrected chi connectivity index (χ0v) is 21.4. The minimum Gasteiger partial charge on any atom is -0.480 e. The maximum Gasteiger partial charge on any atom is 0.323 e. The number of amides is 1. The number of nitrogens with zero attached hydrogens (tertiary/aromatic N) is 4. The van der Waals surface area contributed by atoms with E-state index in [2.05, 4.69) is 15.9 Å². The lowest BCUT2D eigenvalue weighted by molar-refractivity contribution is -0.144. The fourth-order valence-electron chi connectivity index (χ4n) is 6.04. The summed E-state index contributed by atoms with van der Waals surface area (Å²) < 4.78 is 0. The maximum atomic E-state index is 13.6. The molecule has 0 radical (unpaired) electrons. The number of carboxylic acids is 1. The average molecular weight is 525 g/mol. The topological polar surface area (TPSA) is 87.9 Å². The smallest absolute Gasteiger partial charge is 0.323 e. The molecule has 1 spiro atoms. The van der Waals surface area contributed by atoms with Crippen LogP contribution in [0.15, 0.2) is 91.0 Å². The molecule has 0 bridgehead atoms. The number of likely N-dealkylation sites (tertiary alicyclic amines) is 1. The van der Waals surface area contributed by atoms with Gasteiger partial charge in [-0.3, -0.25) is 9.59 Å². The van der Waals surface area contributed by atoms with Gasteiger partial charge in [0.05, 0.1) is 12.7 Å². The Balaban J connectivity index is 0.00000353. The van der Waals surface area contributed by atoms with Crippen molar-refractivity contribution in [3.63, 3.8) is 0 Å². The summed E-state index contributed by atoms with van der Waals surface area (Å²) in [4.78, 5) is 30.9. The molecule has 0 saturated carbocycles. The second kappa shape index (κ2) is 11.7. The van der Waals surface area contributed by atoms with Crippen LogP contribution in [0.2, 0.25) is 0 Å². The number of piperidine rings is 1. The minimum atomic E-state index is -1.00. The molecule has 7 heteroatoms. The number of aliphatic carboxylic acids is 1. The van der Waals surface area contributed by atoms with Crippen molar-refractivity contribution in [3.8, 4) is 6.07 Å². The first-order valence-electron chi connectivity index (χ1n) is 13.1. The number of carbonyl (C=O) groups excluding carboxylic acids is 1. The first-order valence-corrected chi connectivity index (χ1v) is 13.1. The Morgan fingerprint density at radius 1 is 0.897 bits per heavy atom. The van der Waals surface area contributed by atoms with Gasteiger partial charge in [0.2, 0.25) is 0 Å². The van der Waals surface area contributed by atoms with Crippen LogP contribution in [0.5, 0.6) is 0 Å².